The van der Waals surface area contributed by atoms with E-state index in [4.69, 9.17) is 0 Å². The van der Waals surface area contributed by atoms with Crippen LogP contribution >= 0.6 is 0 Å². The summed E-state index contributed by atoms with van der Waals surface area (Å²) in [7, 11) is 1.94. The van der Waals surface area contributed by atoms with E-state index in [9.17, 15) is 4.79 Å². The first-order valence-corrected chi connectivity index (χ1v) is 6.84. The highest BCUT2D eigenvalue weighted by molar-refractivity contribution is 5.92. The number of carbonyl (C=O) groups excluding carboxylic acids is 1. The molecule has 3 rings (SSSR count). The molecule has 0 aromatic carbocycles. The summed E-state index contributed by atoms with van der Waals surface area (Å²) in [5.41, 5.74) is 2.26. The Kier molecular flexibility index (Phi) is 3.43. The first-order chi connectivity index (χ1) is 10.1. The van der Waals surface area contributed by atoms with E-state index >= 15 is 0 Å². The van der Waals surface area contributed by atoms with Crippen LogP contribution < -0.4 is 5.32 Å². The Morgan fingerprint density at radius 1 is 1.38 bits per heavy atom. The third-order valence-electron chi connectivity index (χ3n) is 3.48. The van der Waals surface area contributed by atoms with Crippen LogP contribution in [0.5, 0.6) is 0 Å². The van der Waals surface area contributed by atoms with Crippen molar-refractivity contribution in [1.29, 1.82) is 0 Å². The number of nitrogens with zero attached hydrogens (tertiary/aromatic N) is 4. The summed E-state index contributed by atoms with van der Waals surface area (Å²) in [6.07, 6.45) is 6.10. The van der Waals surface area contributed by atoms with Gasteiger partial charge in [-0.15, -0.1) is 0 Å². The molecule has 0 spiro atoms. The minimum atomic E-state index is -0.160. The number of aromatic nitrogens is 4. The van der Waals surface area contributed by atoms with Crippen molar-refractivity contribution < 1.29 is 4.79 Å². The topological polar surface area (TPSA) is 64.2 Å². The van der Waals surface area contributed by atoms with Crippen LogP contribution in [-0.2, 0) is 13.5 Å². The summed E-state index contributed by atoms with van der Waals surface area (Å²) < 4.78 is 3.86. The molecule has 0 radical (unpaired) electrons. The second-order valence-corrected chi connectivity index (χ2v) is 4.98. The number of fused-ring (bicyclic) bond motifs is 1. The quantitative estimate of drug-likeness (QED) is 0.786. The summed E-state index contributed by atoms with van der Waals surface area (Å²) in [4.78, 5) is 20.7. The van der Waals surface area contributed by atoms with Crippen molar-refractivity contribution in [2.75, 3.05) is 6.54 Å². The van der Waals surface area contributed by atoms with Crippen LogP contribution in [-0.4, -0.2) is 31.4 Å². The van der Waals surface area contributed by atoms with Gasteiger partial charge in [-0.3, -0.25) is 4.79 Å². The van der Waals surface area contributed by atoms with E-state index in [1.165, 1.54) is 0 Å². The Balaban J connectivity index is 1.67. The maximum atomic E-state index is 12.1. The number of hydrogen-bond acceptors (Lipinski definition) is 3. The van der Waals surface area contributed by atoms with Gasteiger partial charge in [-0.1, -0.05) is 6.07 Å². The zero-order chi connectivity index (χ0) is 14.8. The van der Waals surface area contributed by atoms with Crippen molar-refractivity contribution in [2.45, 2.75) is 13.3 Å². The molecule has 0 saturated heterocycles. The van der Waals surface area contributed by atoms with E-state index < -0.39 is 0 Å². The molecule has 3 aromatic rings. The van der Waals surface area contributed by atoms with E-state index in [1.807, 2.05) is 47.3 Å². The lowest BCUT2D eigenvalue weighted by molar-refractivity contribution is 0.0949. The van der Waals surface area contributed by atoms with Gasteiger partial charge in [0.05, 0.1) is 0 Å². The van der Waals surface area contributed by atoms with Crippen molar-refractivity contribution in [3.8, 4) is 0 Å². The predicted octanol–water partition coefficient (Wildman–Crippen LogP) is 1.35. The molecule has 1 N–H and O–H groups in total. The van der Waals surface area contributed by atoms with Crippen molar-refractivity contribution in [3.05, 3.63) is 54.0 Å². The van der Waals surface area contributed by atoms with Gasteiger partial charge in [0, 0.05) is 44.3 Å². The first kappa shape index (κ1) is 13.4. The second kappa shape index (κ2) is 5.40. The van der Waals surface area contributed by atoms with E-state index in [-0.39, 0.29) is 5.91 Å². The van der Waals surface area contributed by atoms with Gasteiger partial charge < -0.3 is 14.3 Å². The number of aryl methyl sites for hydroxylation is 2. The number of hydrogen-bond donors (Lipinski definition) is 1. The van der Waals surface area contributed by atoms with Crippen LogP contribution in [0, 0.1) is 6.92 Å². The SMILES string of the molecule is Cc1cccc2nc(C(=O)NCCc3nccn3C)cn12. The van der Waals surface area contributed by atoms with Crippen LogP contribution in [0.2, 0.25) is 0 Å². The minimum Gasteiger partial charge on any atom is -0.350 e. The minimum absolute atomic E-state index is 0.160. The third-order valence-corrected chi connectivity index (χ3v) is 3.48. The molecule has 6 heteroatoms. The lowest BCUT2D eigenvalue weighted by atomic mass is 10.3. The van der Waals surface area contributed by atoms with E-state index in [2.05, 4.69) is 15.3 Å². The lowest BCUT2D eigenvalue weighted by Crippen LogP contribution is -2.26. The zero-order valence-corrected chi connectivity index (χ0v) is 12.1. The fraction of sp³-hybridized carbons (Fsp3) is 0.267. The molecule has 0 saturated carbocycles. The van der Waals surface area contributed by atoms with Gasteiger partial charge in [0.2, 0.25) is 0 Å². The van der Waals surface area contributed by atoms with Gasteiger partial charge in [-0.05, 0) is 19.1 Å². The number of nitrogens with one attached hydrogen (secondary N) is 1. The molecule has 108 valence electrons. The largest absolute Gasteiger partial charge is 0.350 e. The average Bonchev–Trinajstić information content (AvgIpc) is 3.06. The Morgan fingerprint density at radius 2 is 2.24 bits per heavy atom. The molecule has 1 amide bonds. The molecule has 6 nitrogen and oxygen atoms in total. The Hall–Kier alpha value is -2.63. The highest BCUT2D eigenvalue weighted by atomic mass is 16.1. The smallest absolute Gasteiger partial charge is 0.271 e. The van der Waals surface area contributed by atoms with Gasteiger partial charge in [-0.2, -0.15) is 0 Å². The van der Waals surface area contributed by atoms with Gasteiger partial charge in [0.25, 0.3) is 5.91 Å². The third kappa shape index (κ3) is 2.65. The van der Waals surface area contributed by atoms with Crippen molar-refractivity contribution in [1.82, 2.24) is 24.3 Å². The molecule has 0 bridgehead atoms. The fourth-order valence-electron chi connectivity index (χ4n) is 2.27. The van der Waals surface area contributed by atoms with Crippen molar-refractivity contribution in [2.24, 2.45) is 7.05 Å². The summed E-state index contributed by atoms with van der Waals surface area (Å²) >= 11 is 0. The summed E-state index contributed by atoms with van der Waals surface area (Å²) in [5, 5.41) is 2.88. The van der Waals surface area contributed by atoms with Crippen LogP contribution in [0.1, 0.15) is 22.0 Å². The molecule has 0 aliphatic rings. The molecule has 0 atom stereocenters. The molecular formula is C15H17N5O. The molecule has 0 aliphatic heterocycles. The first-order valence-electron chi connectivity index (χ1n) is 6.84. The van der Waals surface area contributed by atoms with Crippen LogP contribution in [0.4, 0.5) is 0 Å². The maximum Gasteiger partial charge on any atom is 0.271 e. The maximum absolute atomic E-state index is 12.1. The molecule has 0 unspecified atom stereocenters. The van der Waals surface area contributed by atoms with Gasteiger partial charge in [-0.25, -0.2) is 9.97 Å². The van der Waals surface area contributed by atoms with Crippen LogP contribution in [0.15, 0.2) is 36.8 Å². The molecule has 3 aromatic heterocycles. The summed E-state index contributed by atoms with van der Waals surface area (Å²) in [5.74, 6) is 0.786. The number of amides is 1. The fourth-order valence-corrected chi connectivity index (χ4v) is 2.27. The van der Waals surface area contributed by atoms with Crippen molar-refractivity contribution >= 4 is 11.6 Å². The van der Waals surface area contributed by atoms with Gasteiger partial charge >= 0.3 is 0 Å². The zero-order valence-electron chi connectivity index (χ0n) is 12.1. The van der Waals surface area contributed by atoms with Crippen LogP contribution in [0.3, 0.4) is 0 Å². The van der Waals surface area contributed by atoms with Crippen molar-refractivity contribution in [3.63, 3.8) is 0 Å². The van der Waals surface area contributed by atoms with E-state index in [0.29, 0.717) is 18.7 Å². The monoisotopic (exact) mass is 283 g/mol. The Labute approximate surface area is 122 Å². The lowest BCUT2D eigenvalue weighted by Gasteiger charge is -2.03. The molecule has 3 heterocycles. The highest BCUT2D eigenvalue weighted by Gasteiger charge is 2.11. The number of pyridine rings is 1. The van der Waals surface area contributed by atoms with E-state index in [1.54, 1.807) is 12.4 Å². The molecule has 0 fully saturated rings. The number of imidazole rings is 2. The summed E-state index contributed by atoms with van der Waals surface area (Å²) in [6, 6.07) is 5.80. The number of rotatable bonds is 4. The molecular weight excluding hydrogens is 266 g/mol. The number of carbonyl (C=O) groups is 1. The highest BCUT2D eigenvalue weighted by Crippen LogP contribution is 2.08. The standard InChI is InChI=1S/C15H17N5O/c1-11-4-3-5-14-18-12(10-20(11)14)15(21)17-7-6-13-16-8-9-19(13)2/h3-5,8-10H,6-7H2,1-2H3,(H,17,21). The van der Waals surface area contributed by atoms with E-state index in [0.717, 1.165) is 17.2 Å². The normalized spacial score (nSPS) is 11.0. The Bertz CT molecular complexity index is 786. The molecule has 0 aliphatic carbocycles. The van der Waals surface area contributed by atoms with Gasteiger partial charge in [0.15, 0.2) is 0 Å². The summed E-state index contributed by atoms with van der Waals surface area (Å²) in [6.45, 7) is 2.52. The second-order valence-electron chi connectivity index (χ2n) is 4.98. The van der Waals surface area contributed by atoms with Gasteiger partial charge in [0.1, 0.15) is 17.2 Å². The molecule has 21 heavy (non-hydrogen) atoms. The Morgan fingerprint density at radius 3 is 2.95 bits per heavy atom. The average molecular weight is 283 g/mol. The van der Waals surface area contributed by atoms with Crippen LogP contribution in [0.25, 0.3) is 5.65 Å². The predicted molar refractivity (Wildman–Crippen MR) is 79.2 cm³/mol.